The highest BCUT2D eigenvalue weighted by molar-refractivity contribution is 5.71. The number of rotatable bonds is 66. The molecule has 0 saturated carbocycles. The third-order valence-corrected chi connectivity index (χ3v) is 16.0. The van der Waals surface area contributed by atoms with Crippen LogP contribution >= 0.6 is 0 Å². The Hall–Kier alpha value is -2.89. The fourth-order valence-electron chi connectivity index (χ4n) is 10.7. The van der Waals surface area contributed by atoms with E-state index in [0.717, 1.165) is 96.3 Å². The Bertz CT molecular complexity index is 1440. The smallest absolute Gasteiger partial charge is 0.306 e. The number of unbranched alkanes of at least 4 members (excludes halogenated alkanes) is 45. The Balaban J connectivity index is 4.33. The lowest BCUT2D eigenvalue weighted by Crippen LogP contribution is -2.30. The maximum atomic E-state index is 13.0. The molecule has 0 spiro atoms. The summed E-state index contributed by atoms with van der Waals surface area (Å²) in [6.45, 7) is 6.59. The van der Waals surface area contributed by atoms with Crippen molar-refractivity contribution < 1.29 is 28.6 Å². The summed E-state index contributed by atoms with van der Waals surface area (Å²) in [5.41, 5.74) is 0. The van der Waals surface area contributed by atoms with Crippen molar-refractivity contribution in [3.8, 4) is 0 Å². The van der Waals surface area contributed by atoms with Crippen molar-refractivity contribution in [3.05, 3.63) is 60.8 Å². The van der Waals surface area contributed by atoms with Crippen molar-refractivity contribution in [3.63, 3.8) is 0 Å². The molecule has 0 aromatic heterocycles. The van der Waals surface area contributed by atoms with Crippen LogP contribution in [0.25, 0.3) is 0 Å². The van der Waals surface area contributed by atoms with Crippen LogP contribution in [0.1, 0.15) is 380 Å². The summed E-state index contributed by atoms with van der Waals surface area (Å²) < 4.78 is 17.0. The van der Waals surface area contributed by atoms with Gasteiger partial charge in [0, 0.05) is 19.3 Å². The molecule has 0 rings (SSSR count). The average Bonchev–Trinajstić information content (AvgIpc) is 3.47. The zero-order valence-corrected chi connectivity index (χ0v) is 54.3. The molecule has 472 valence electrons. The van der Waals surface area contributed by atoms with Crippen LogP contribution in [0.3, 0.4) is 0 Å². The topological polar surface area (TPSA) is 78.9 Å². The Morgan fingerprint density at radius 3 is 0.753 bits per heavy atom. The summed E-state index contributed by atoms with van der Waals surface area (Å²) in [7, 11) is 0. The fourth-order valence-corrected chi connectivity index (χ4v) is 10.7. The van der Waals surface area contributed by atoms with E-state index in [-0.39, 0.29) is 31.1 Å². The molecule has 1 atom stereocenters. The molecule has 0 aliphatic rings. The summed E-state index contributed by atoms with van der Waals surface area (Å²) in [4.78, 5) is 38.5. The second kappa shape index (κ2) is 69.6. The van der Waals surface area contributed by atoms with Gasteiger partial charge in [0.25, 0.3) is 0 Å². The van der Waals surface area contributed by atoms with Gasteiger partial charge < -0.3 is 14.2 Å². The quantitative estimate of drug-likeness (QED) is 0.0261. The molecule has 0 aliphatic carbocycles. The molecule has 0 fully saturated rings. The monoisotopic (exact) mass is 1130 g/mol. The van der Waals surface area contributed by atoms with Crippen LogP contribution in [0.2, 0.25) is 0 Å². The van der Waals surface area contributed by atoms with Crippen LogP contribution in [-0.2, 0) is 28.6 Å². The molecule has 6 heteroatoms. The fraction of sp³-hybridized carbons (Fsp3) is 0.827. The van der Waals surface area contributed by atoms with E-state index in [1.807, 2.05) is 0 Å². The SMILES string of the molecule is CC/C=C\C/C=C\C/C=C\C/C=C\C/C=C\CCCCCCCCCC(=O)OCC(COC(=O)CCCCCCCCCCCCCCCCCCC)OC(=O)CCCCCCCCCCCCCCCCCCCCCCCCC. The van der Waals surface area contributed by atoms with Gasteiger partial charge in [-0.2, -0.15) is 0 Å². The molecular formula is C75H136O6. The van der Waals surface area contributed by atoms with Gasteiger partial charge in [0.05, 0.1) is 0 Å². The number of hydrogen-bond donors (Lipinski definition) is 0. The van der Waals surface area contributed by atoms with Crippen LogP contribution in [0.4, 0.5) is 0 Å². The van der Waals surface area contributed by atoms with E-state index in [0.29, 0.717) is 19.3 Å². The van der Waals surface area contributed by atoms with Crippen molar-refractivity contribution in [2.45, 2.75) is 386 Å². The third-order valence-electron chi connectivity index (χ3n) is 16.0. The number of carbonyl (C=O) groups excluding carboxylic acids is 3. The van der Waals surface area contributed by atoms with Gasteiger partial charge in [0.15, 0.2) is 6.10 Å². The third kappa shape index (κ3) is 67.8. The van der Waals surface area contributed by atoms with Gasteiger partial charge in [-0.25, -0.2) is 0 Å². The number of allylic oxidation sites excluding steroid dienone is 10. The molecule has 1 unspecified atom stereocenters. The van der Waals surface area contributed by atoms with E-state index in [2.05, 4.69) is 81.5 Å². The predicted octanol–water partition coefficient (Wildman–Crippen LogP) is 24.7. The van der Waals surface area contributed by atoms with E-state index in [1.165, 1.54) is 244 Å². The number of carbonyl (C=O) groups is 3. The Morgan fingerprint density at radius 2 is 0.481 bits per heavy atom. The van der Waals surface area contributed by atoms with Gasteiger partial charge in [-0.05, 0) is 64.2 Å². The van der Waals surface area contributed by atoms with Crippen LogP contribution in [0.15, 0.2) is 60.8 Å². The van der Waals surface area contributed by atoms with Gasteiger partial charge in [-0.1, -0.05) is 358 Å². The first-order chi connectivity index (χ1) is 40.0. The van der Waals surface area contributed by atoms with E-state index in [9.17, 15) is 14.4 Å². The molecule has 0 aliphatic heterocycles. The van der Waals surface area contributed by atoms with Crippen molar-refractivity contribution in [1.29, 1.82) is 0 Å². The molecule has 81 heavy (non-hydrogen) atoms. The first-order valence-corrected chi connectivity index (χ1v) is 35.8. The lowest BCUT2D eigenvalue weighted by molar-refractivity contribution is -0.167. The summed E-state index contributed by atoms with van der Waals surface area (Å²) >= 11 is 0. The summed E-state index contributed by atoms with van der Waals surface area (Å²) in [6, 6.07) is 0. The van der Waals surface area contributed by atoms with Crippen molar-refractivity contribution >= 4 is 17.9 Å². The van der Waals surface area contributed by atoms with E-state index >= 15 is 0 Å². The highest BCUT2D eigenvalue weighted by Crippen LogP contribution is 2.19. The van der Waals surface area contributed by atoms with E-state index < -0.39 is 6.10 Å². The van der Waals surface area contributed by atoms with Crippen LogP contribution in [0, 0.1) is 0 Å². The molecule has 0 bridgehead atoms. The van der Waals surface area contributed by atoms with Gasteiger partial charge in [0.2, 0.25) is 0 Å². The lowest BCUT2D eigenvalue weighted by atomic mass is 10.0. The molecule has 0 amide bonds. The zero-order chi connectivity index (χ0) is 58.5. The second-order valence-corrected chi connectivity index (χ2v) is 24.1. The lowest BCUT2D eigenvalue weighted by Gasteiger charge is -2.18. The minimum absolute atomic E-state index is 0.0721. The minimum Gasteiger partial charge on any atom is -0.462 e. The molecule has 6 nitrogen and oxygen atoms in total. The first kappa shape index (κ1) is 78.1. The Kier molecular flexibility index (Phi) is 67.1. The van der Waals surface area contributed by atoms with Crippen LogP contribution in [-0.4, -0.2) is 37.2 Å². The summed E-state index contributed by atoms with van der Waals surface area (Å²) in [5.74, 6) is -0.855. The summed E-state index contributed by atoms with van der Waals surface area (Å²) in [6.07, 6.45) is 89.6. The highest BCUT2D eigenvalue weighted by atomic mass is 16.6. The standard InChI is InChI=1S/C75H136O6/c1-4-7-10-13-16-19-22-25-28-31-33-35-37-39-41-44-47-50-53-56-59-62-65-68-74(77)80-71-72(70-79-73(76)67-64-61-58-55-52-49-46-43-30-27-24-21-18-15-12-9-6-3)81-75(78)69-66-63-60-57-54-51-48-45-42-40-38-36-34-32-29-26-23-20-17-14-11-8-5-2/h7,10,16,19,25,28,33,35,39,41,72H,4-6,8-9,11-15,17-18,20-24,26-27,29-32,34,36-38,40,42-71H2,1-3H3/b10-7-,19-16-,28-25-,35-33-,41-39-. The van der Waals surface area contributed by atoms with Crippen molar-refractivity contribution in [2.75, 3.05) is 13.2 Å². The van der Waals surface area contributed by atoms with Gasteiger partial charge in [-0.3, -0.25) is 14.4 Å². The molecule has 0 radical (unpaired) electrons. The molecular weight excluding hydrogens is 997 g/mol. The molecule has 0 aromatic rings. The van der Waals surface area contributed by atoms with Crippen molar-refractivity contribution in [2.24, 2.45) is 0 Å². The van der Waals surface area contributed by atoms with Crippen molar-refractivity contribution in [1.82, 2.24) is 0 Å². The first-order valence-electron chi connectivity index (χ1n) is 35.8. The second-order valence-electron chi connectivity index (χ2n) is 24.1. The number of ether oxygens (including phenoxy) is 3. The maximum Gasteiger partial charge on any atom is 0.306 e. The number of hydrogen-bond acceptors (Lipinski definition) is 6. The van der Waals surface area contributed by atoms with Crippen LogP contribution < -0.4 is 0 Å². The number of esters is 3. The van der Waals surface area contributed by atoms with Gasteiger partial charge in [0.1, 0.15) is 13.2 Å². The zero-order valence-electron chi connectivity index (χ0n) is 54.3. The average molecular weight is 1130 g/mol. The summed E-state index contributed by atoms with van der Waals surface area (Å²) in [5, 5.41) is 0. The minimum atomic E-state index is -0.778. The van der Waals surface area contributed by atoms with E-state index in [1.54, 1.807) is 0 Å². The van der Waals surface area contributed by atoms with Crippen LogP contribution in [0.5, 0.6) is 0 Å². The molecule has 0 saturated heterocycles. The maximum absolute atomic E-state index is 13.0. The predicted molar refractivity (Wildman–Crippen MR) is 353 cm³/mol. The largest absolute Gasteiger partial charge is 0.462 e. The molecule has 0 N–H and O–H groups in total. The highest BCUT2D eigenvalue weighted by Gasteiger charge is 2.19. The Labute approximate surface area is 504 Å². The Morgan fingerprint density at radius 1 is 0.259 bits per heavy atom. The normalized spacial score (nSPS) is 12.4. The van der Waals surface area contributed by atoms with E-state index in [4.69, 9.17) is 14.2 Å². The molecule has 0 aromatic carbocycles. The van der Waals surface area contributed by atoms with Gasteiger partial charge in [-0.15, -0.1) is 0 Å². The molecule has 0 heterocycles. The van der Waals surface area contributed by atoms with Gasteiger partial charge >= 0.3 is 17.9 Å².